The highest BCUT2D eigenvalue weighted by Gasteiger charge is 2.06. The van der Waals surface area contributed by atoms with Gasteiger partial charge in [0, 0.05) is 6.54 Å². The fraction of sp³-hybridized carbons (Fsp3) is 0.176. The van der Waals surface area contributed by atoms with Crippen LogP contribution in [0, 0.1) is 0 Å². The van der Waals surface area contributed by atoms with Crippen LogP contribution in [-0.2, 0) is 22.7 Å². The van der Waals surface area contributed by atoms with E-state index < -0.39 is 12.0 Å². The molecule has 114 valence electrons. The molecule has 0 saturated carbocycles. The van der Waals surface area contributed by atoms with Gasteiger partial charge < -0.3 is 15.4 Å². The molecule has 0 atom stereocenters. The Balaban J connectivity index is 1.62. The van der Waals surface area contributed by atoms with Crippen LogP contribution in [0.5, 0.6) is 0 Å². The number of benzene rings is 2. The van der Waals surface area contributed by atoms with E-state index in [4.69, 9.17) is 4.74 Å². The predicted molar refractivity (Wildman–Crippen MR) is 82.9 cm³/mol. The van der Waals surface area contributed by atoms with Gasteiger partial charge in [0.15, 0.2) is 0 Å². The normalized spacial score (nSPS) is 9.82. The number of esters is 1. The van der Waals surface area contributed by atoms with E-state index in [1.54, 1.807) is 0 Å². The monoisotopic (exact) mass is 298 g/mol. The zero-order valence-electron chi connectivity index (χ0n) is 12.1. The van der Waals surface area contributed by atoms with Gasteiger partial charge in [-0.15, -0.1) is 0 Å². The van der Waals surface area contributed by atoms with Crippen molar-refractivity contribution in [3.05, 3.63) is 71.8 Å². The van der Waals surface area contributed by atoms with E-state index in [2.05, 4.69) is 10.6 Å². The summed E-state index contributed by atoms with van der Waals surface area (Å²) in [5.41, 5.74) is 1.90. The van der Waals surface area contributed by atoms with Gasteiger partial charge in [-0.3, -0.25) is 4.79 Å². The van der Waals surface area contributed by atoms with E-state index in [-0.39, 0.29) is 13.2 Å². The molecule has 2 aromatic carbocycles. The largest absolute Gasteiger partial charge is 0.460 e. The number of amides is 2. The zero-order valence-corrected chi connectivity index (χ0v) is 12.1. The molecule has 22 heavy (non-hydrogen) atoms. The van der Waals surface area contributed by atoms with Crippen LogP contribution in [0.1, 0.15) is 11.1 Å². The second-order valence-electron chi connectivity index (χ2n) is 4.67. The van der Waals surface area contributed by atoms with Gasteiger partial charge in [0.25, 0.3) is 0 Å². The number of carbonyl (C=O) groups is 2. The SMILES string of the molecule is O=C(NCC(=O)OCc1ccccc1)NCc1ccccc1. The van der Waals surface area contributed by atoms with Gasteiger partial charge >= 0.3 is 12.0 Å². The van der Waals surface area contributed by atoms with Crippen LogP contribution < -0.4 is 10.6 Å². The molecule has 0 heterocycles. The van der Waals surface area contributed by atoms with Crippen molar-refractivity contribution in [2.75, 3.05) is 6.54 Å². The summed E-state index contributed by atoms with van der Waals surface area (Å²) < 4.78 is 5.06. The summed E-state index contributed by atoms with van der Waals surface area (Å²) >= 11 is 0. The Morgan fingerprint density at radius 1 is 0.818 bits per heavy atom. The Hall–Kier alpha value is -2.82. The third-order valence-corrected chi connectivity index (χ3v) is 2.93. The molecule has 0 aromatic heterocycles. The number of hydrogen-bond acceptors (Lipinski definition) is 3. The third kappa shape index (κ3) is 5.66. The molecule has 0 bridgehead atoms. The maximum atomic E-state index is 11.6. The molecule has 0 aliphatic heterocycles. The minimum absolute atomic E-state index is 0.159. The lowest BCUT2D eigenvalue weighted by Crippen LogP contribution is -2.38. The molecule has 0 unspecified atom stereocenters. The molecule has 0 radical (unpaired) electrons. The van der Waals surface area contributed by atoms with Crippen molar-refractivity contribution in [1.29, 1.82) is 0 Å². The second-order valence-corrected chi connectivity index (χ2v) is 4.67. The van der Waals surface area contributed by atoms with Crippen molar-refractivity contribution in [2.45, 2.75) is 13.2 Å². The van der Waals surface area contributed by atoms with Crippen LogP contribution in [0.15, 0.2) is 60.7 Å². The Morgan fingerprint density at radius 3 is 2.05 bits per heavy atom. The zero-order chi connectivity index (χ0) is 15.6. The summed E-state index contributed by atoms with van der Waals surface area (Å²) in [6, 6.07) is 18.5. The molecule has 0 aliphatic carbocycles. The minimum atomic E-state index is -0.473. The van der Waals surface area contributed by atoms with Gasteiger partial charge in [-0.1, -0.05) is 60.7 Å². The van der Waals surface area contributed by atoms with Crippen LogP contribution in [0.25, 0.3) is 0 Å². The van der Waals surface area contributed by atoms with E-state index >= 15 is 0 Å². The summed E-state index contributed by atoms with van der Waals surface area (Å²) in [7, 11) is 0. The van der Waals surface area contributed by atoms with Crippen molar-refractivity contribution in [1.82, 2.24) is 10.6 Å². The first-order chi connectivity index (χ1) is 10.7. The quantitative estimate of drug-likeness (QED) is 0.804. The number of nitrogens with one attached hydrogen (secondary N) is 2. The Bertz CT molecular complexity index is 544. The molecule has 0 aliphatic rings. The smallest absolute Gasteiger partial charge is 0.325 e. The summed E-state index contributed by atoms with van der Waals surface area (Å²) in [6.07, 6.45) is 0. The van der Waals surface area contributed by atoms with Crippen molar-refractivity contribution in [2.24, 2.45) is 0 Å². The van der Waals surface area contributed by atoms with Crippen LogP contribution in [0.4, 0.5) is 4.79 Å². The van der Waals surface area contributed by atoms with Crippen LogP contribution in [0.3, 0.4) is 0 Å². The number of ether oxygens (including phenoxy) is 1. The summed E-state index contributed by atoms with van der Waals surface area (Å²) in [5, 5.41) is 5.13. The summed E-state index contributed by atoms with van der Waals surface area (Å²) in [4.78, 5) is 23.1. The second kappa shape index (κ2) is 8.46. The summed E-state index contributed by atoms with van der Waals surface area (Å²) in [6.45, 7) is 0.451. The van der Waals surface area contributed by atoms with Crippen LogP contribution >= 0.6 is 0 Å². The lowest BCUT2D eigenvalue weighted by atomic mass is 10.2. The van der Waals surface area contributed by atoms with E-state index in [1.807, 2.05) is 60.7 Å². The van der Waals surface area contributed by atoms with Gasteiger partial charge in [-0.25, -0.2) is 4.79 Å². The molecule has 0 fully saturated rings. The molecule has 0 spiro atoms. The van der Waals surface area contributed by atoms with Crippen molar-refractivity contribution in [3.8, 4) is 0 Å². The fourth-order valence-corrected chi connectivity index (χ4v) is 1.78. The lowest BCUT2D eigenvalue weighted by molar-refractivity contribution is -0.143. The van der Waals surface area contributed by atoms with Gasteiger partial charge in [0.05, 0.1) is 0 Å². The molecular formula is C17H18N2O3. The molecule has 5 nitrogen and oxygen atoms in total. The van der Waals surface area contributed by atoms with E-state index in [0.717, 1.165) is 11.1 Å². The van der Waals surface area contributed by atoms with Gasteiger partial charge in [-0.2, -0.15) is 0 Å². The maximum absolute atomic E-state index is 11.6. The maximum Gasteiger partial charge on any atom is 0.325 e. The lowest BCUT2D eigenvalue weighted by Gasteiger charge is -2.08. The fourth-order valence-electron chi connectivity index (χ4n) is 1.78. The standard InChI is InChI=1S/C17H18N2O3/c20-16(22-13-15-9-5-2-6-10-15)12-19-17(21)18-11-14-7-3-1-4-8-14/h1-10H,11-13H2,(H2,18,19,21). The van der Waals surface area contributed by atoms with Gasteiger partial charge in [0.1, 0.15) is 13.2 Å². The van der Waals surface area contributed by atoms with E-state index in [1.165, 1.54) is 0 Å². The van der Waals surface area contributed by atoms with Gasteiger partial charge in [-0.05, 0) is 11.1 Å². The highest BCUT2D eigenvalue weighted by Crippen LogP contribution is 2.00. The Morgan fingerprint density at radius 2 is 1.41 bits per heavy atom. The minimum Gasteiger partial charge on any atom is -0.460 e. The van der Waals surface area contributed by atoms with Gasteiger partial charge in [0.2, 0.25) is 0 Å². The molecule has 2 aromatic rings. The van der Waals surface area contributed by atoms with Crippen molar-refractivity contribution >= 4 is 12.0 Å². The first-order valence-corrected chi connectivity index (χ1v) is 6.99. The number of urea groups is 1. The molecule has 5 heteroatoms. The molecule has 2 amide bonds. The topological polar surface area (TPSA) is 67.4 Å². The summed E-state index contributed by atoms with van der Waals surface area (Å²) in [5.74, 6) is -0.473. The highest BCUT2D eigenvalue weighted by molar-refractivity contribution is 5.80. The van der Waals surface area contributed by atoms with Crippen LogP contribution in [0.2, 0.25) is 0 Å². The molecule has 0 saturated heterocycles. The third-order valence-electron chi connectivity index (χ3n) is 2.93. The van der Waals surface area contributed by atoms with Crippen LogP contribution in [-0.4, -0.2) is 18.5 Å². The average molecular weight is 298 g/mol. The van der Waals surface area contributed by atoms with Crippen molar-refractivity contribution in [3.63, 3.8) is 0 Å². The first kappa shape index (κ1) is 15.6. The molecule has 2 N–H and O–H groups in total. The Kier molecular flexibility index (Phi) is 5.99. The Labute approximate surface area is 129 Å². The number of hydrogen-bond donors (Lipinski definition) is 2. The molecular weight excluding hydrogens is 280 g/mol. The highest BCUT2D eigenvalue weighted by atomic mass is 16.5. The van der Waals surface area contributed by atoms with Crippen molar-refractivity contribution < 1.29 is 14.3 Å². The number of rotatable bonds is 6. The average Bonchev–Trinajstić information content (AvgIpc) is 2.58. The first-order valence-electron chi connectivity index (χ1n) is 6.99. The van der Waals surface area contributed by atoms with E-state index in [9.17, 15) is 9.59 Å². The van der Waals surface area contributed by atoms with E-state index in [0.29, 0.717) is 6.54 Å². The predicted octanol–water partition coefficient (Wildman–Crippen LogP) is 2.23. The number of carbonyl (C=O) groups excluding carboxylic acids is 2. The molecule has 2 rings (SSSR count).